The minimum Gasteiger partial charge on any atom is -0.507 e. The topological polar surface area (TPSA) is 40.5 Å². The molecule has 0 atom stereocenters. The van der Waals surface area contributed by atoms with E-state index >= 15 is 0 Å². The molecule has 0 aliphatic heterocycles. The third kappa shape index (κ3) is 2.13. The van der Waals surface area contributed by atoms with Crippen LogP contribution in [0.5, 0.6) is 11.5 Å². The van der Waals surface area contributed by atoms with Gasteiger partial charge in [0.05, 0.1) is 0 Å². The number of hydrogen-bond donors (Lipinski definition) is 2. The van der Waals surface area contributed by atoms with Crippen molar-refractivity contribution in [3.8, 4) is 11.5 Å². The van der Waals surface area contributed by atoms with E-state index in [4.69, 9.17) is 0 Å². The smallest absolute Gasteiger partial charge is 0.131 e. The zero-order valence-corrected chi connectivity index (χ0v) is 12.7. The zero-order chi connectivity index (χ0) is 15.7. The standard InChI is InChI=1S/C20H18O2/c1-3-15(14-9-5-4-6-10-14)18-13(2)19(21)16-11-7-8-12-17(16)20(18)22/h3-12,21-22H,1-2H3. The molecule has 2 nitrogen and oxygen atoms in total. The van der Waals surface area contributed by atoms with Crippen LogP contribution in [0, 0.1) is 6.92 Å². The Kier molecular flexibility index (Phi) is 3.60. The van der Waals surface area contributed by atoms with E-state index < -0.39 is 0 Å². The molecule has 0 saturated carbocycles. The Labute approximate surface area is 130 Å². The average molecular weight is 290 g/mol. The summed E-state index contributed by atoms with van der Waals surface area (Å²) in [5.74, 6) is 0.432. The fourth-order valence-corrected chi connectivity index (χ4v) is 2.93. The normalized spacial score (nSPS) is 11.8. The Hall–Kier alpha value is -2.74. The highest BCUT2D eigenvalue weighted by Gasteiger charge is 2.19. The molecule has 0 spiro atoms. The number of rotatable bonds is 2. The maximum atomic E-state index is 10.8. The maximum Gasteiger partial charge on any atom is 0.131 e. The van der Waals surface area contributed by atoms with Crippen molar-refractivity contribution in [3.63, 3.8) is 0 Å². The molecule has 110 valence electrons. The van der Waals surface area contributed by atoms with E-state index in [9.17, 15) is 10.2 Å². The van der Waals surface area contributed by atoms with Crippen molar-refractivity contribution in [2.24, 2.45) is 0 Å². The van der Waals surface area contributed by atoms with E-state index in [1.807, 2.05) is 74.5 Å². The highest BCUT2D eigenvalue weighted by Crippen LogP contribution is 2.43. The molecule has 0 aliphatic carbocycles. The predicted octanol–water partition coefficient (Wildman–Crippen LogP) is 5.01. The van der Waals surface area contributed by atoms with E-state index in [1.165, 1.54) is 0 Å². The van der Waals surface area contributed by atoms with E-state index in [0.29, 0.717) is 21.9 Å². The first kappa shape index (κ1) is 14.2. The summed E-state index contributed by atoms with van der Waals surface area (Å²) < 4.78 is 0. The number of allylic oxidation sites excluding steroid dienone is 1. The zero-order valence-electron chi connectivity index (χ0n) is 12.7. The molecule has 0 fully saturated rings. The van der Waals surface area contributed by atoms with Crippen LogP contribution in [-0.2, 0) is 0 Å². The van der Waals surface area contributed by atoms with Gasteiger partial charge < -0.3 is 10.2 Å². The molecule has 0 unspecified atom stereocenters. The van der Waals surface area contributed by atoms with Crippen molar-refractivity contribution in [3.05, 3.63) is 77.4 Å². The summed E-state index contributed by atoms with van der Waals surface area (Å²) in [7, 11) is 0. The molecule has 0 bridgehead atoms. The largest absolute Gasteiger partial charge is 0.507 e. The lowest BCUT2D eigenvalue weighted by molar-refractivity contribution is 0.464. The second kappa shape index (κ2) is 5.57. The highest BCUT2D eigenvalue weighted by molar-refractivity contribution is 6.01. The number of aromatic hydroxyl groups is 2. The third-order valence-electron chi connectivity index (χ3n) is 4.05. The van der Waals surface area contributed by atoms with Gasteiger partial charge in [-0.05, 0) is 25.0 Å². The number of phenols is 2. The summed E-state index contributed by atoms with van der Waals surface area (Å²) in [5.41, 5.74) is 3.30. The summed E-state index contributed by atoms with van der Waals surface area (Å²) >= 11 is 0. The average Bonchev–Trinajstić information content (AvgIpc) is 2.57. The van der Waals surface area contributed by atoms with E-state index in [1.54, 1.807) is 0 Å². The first-order valence-corrected chi connectivity index (χ1v) is 7.30. The Balaban J connectivity index is 2.36. The van der Waals surface area contributed by atoms with Crippen LogP contribution in [0.25, 0.3) is 16.3 Å². The van der Waals surface area contributed by atoms with Crippen LogP contribution in [0.3, 0.4) is 0 Å². The van der Waals surface area contributed by atoms with Gasteiger partial charge in [-0.1, -0.05) is 60.7 Å². The number of benzene rings is 3. The van der Waals surface area contributed by atoms with Gasteiger partial charge in [0.15, 0.2) is 0 Å². The van der Waals surface area contributed by atoms with Crippen LogP contribution >= 0.6 is 0 Å². The van der Waals surface area contributed by atoms with Gasteiger partial charge in [-0.3, -0.25) is 0 Å². The van der Waals surface area contributed by atoms with Crippen molar-refractivity contribution in [1.82, 2.24) is 0 Å². The molecule has 22 heavy (non-hydrogen) atoms. The monoisotopic (exact) mass is 290 g/mol. The number of fused-ring (bicyclic) bond motifs is 1. The summed E-state index contributed by atoms with van der Waals surface area (Å²) in [4.78, 5) is 0. The molecular weight excluding hydrogens is 272 g/mol. The van der Waals surface area contributed by atoms with Gasteiger partial charge in [-0.15, -0.1) is 0 Å². The van der Waals surface area contributed by atoms with Crippen LogP contribution in [0.1, 0.15) is 23.6 Å². The van der Waals surface area contributed by atoms with Gasteiger partial charge in [0, 0.05) is 21.9 Å². The maximum absolute atomic E-state index is 10.8. The molecule has 3 aromatic carbocycles. The predicted molar refractivity (Wildman–Crippen MR) is 91.2 cm³/mol. The number of phenolic OH excluding ortho intramolecular Hbond substituents is 2. The first-order valence-electron chi connectivity index (χ1n) is 7.30. The second-order valence-corrected chi connectivity index (χ2v) is 5.31. The van der Waals surface area contributed by atoms with Crippen LogP contribution < -0.4 is 0 Å². The van der Waals surface area contributed by atoms with Gasteiger partial charge in [-0.2, -0.15) is 0 Å². The van der Waals surface area contributed by atoms with Crippen LogP contribution in [0.2, 0.25) is 0 Å². The Morgan fingerprint density at radius 1 is 0.818 bits per heavy atom. The molecule has 2 N–H and O–H groups in total. The van der Waals surface area contributed by atoms with Crippen molar-refractivity contribution in [1.29, 1.82) is 0 Å². The number of hydrogen-bond acceptors (Lipinski definition) is 2. The Morgan fingerprint density at radius 3 is 1.95 bits per heavy atom. The first-order chi connectivity index (χ1) is 10.6. The van der Waals surface area contributed by atoms with Crippen molar-refractivity contribution < 1.29 is 10.2 Å². The van der Waals surface area contributed by atoms with Gasteiger partial charge in [0.1, 0.15) is 11.5 Å². The molecule has 2 heteroatoms. The molecule has 3 aromatic rings. The molecule has 0 aliphatic rings. The van der Waals surface area contributed by atoms with Crippen LogP contribution in [0.15, 0.2) is 60.7 Å². The van der Waals surface area contributed by atoms with Gasteiger partial charge in [-0.25, -0.2) is 0 Å². The van der Waals surface area contributed by atoms with E-state index in [-0.39, 0.29) is 11.5 Å². The van der Waals surface area contributed by atoms with Gasteiger partial charge in [0.2, 0.25) is 0 Å². The summed E-state index contributed by atoms with van der Waals surface area (Å²) in [6.45, 7) is 3.77. The SMILES string of the molecule is CC=C(c1ccccc1)c1c(C)c(O)c2ccccc2c1O. The molecule has 0 saturated heterocycles. The van der Waals surface area contributed by atoms with Gasteiger partial charge in [0.25, 0.3) is 0 Å². The van der Waals surface area contributed by atoms with Crippen LogP contribution in [0.4, 0.5) is 0 Å². The third-order valence-corrected chi connectivity index (χ3v) is 4.05. The molecule has 0 radical (unpaired) electrons. The van der Waals surface area contributed by atoms with E-state index in [2.05, 4.69) is 0 Å². The van der Waals surface area contributed by atoms with Crippen LogP contribution in [-0.4, -0.2) is 10.2 Å². The lowest BCUT2D eigenvalue weighted by Gasteiger charge is -2.17. The highest BCUT2D eigenvalue weighted by atomic mass is 16.3. The molecule has 0 amide bonds. The second-order valence-electron chi connectivity index (χ2n) is 5.31. The fourth-order valence-electron chi connectivity index (χ4n) is 2.93. The van der Waals surface area contributed by atoms with Crippen molar-refractivity contribution in [2.75, 3.05) is 0 Å². The summed E-state index contributed by atoms with van der Waals surface area (Å²) in [6.07, 6.45) is 1.96. The lowest BCUT2D eigenvalue weighted by atomic mass is 9.90. The van der Waals surface area contributed by atoms with Gasteiger partial charge >= 0.3 is 0 Å². The minimum absolute atomic E-state index is 0.211. The Morgan fingerprint density at radius 2 is 1.36 bits per heavy atom. The van der Waals surface area contributed by atoms with E-state index in [0.717, 1.165) is 11.1 Å². The molecular formula is C20H18O2. The summed E-state index contributed by atoms with van der Waals surface area (Å²) in [5, 5.41) is 22.6. The van der Waals surface area contributed by atoms with Crippen molar-refractivity contribution in [2.45, 2.75) is 13.8 Å². The quantitative estimate of drug-likeness (QED) is 0.651. The molecule has 0 heterocycles. The minimum atomic E-state index is 0.211. The summed E-state index contributed by atoms with van der Waals surface area (Å²) in [6, 6.07) is 17.2. The van der Waals surface area contributed by atoms with Crippen molar-refractivity contribution >= 4 is 16.3 Å². The fraction of sp³-hybridized carbons (Fsp3) is 0.100. The molecule has 0 aromatic heterocycles. The molecule has 3 rings (SSSR count). The lowest BCUT2D eigenvalue weighted by Crippen LogP contribution is -1.94. The Bertz CT molecular complexity index is 862.